The van der Waals surface area contributed by atoms with Gasteiger partial charge in [0.2, 0.25) is 0 Å². The second-order valence-corrected chi connectivity index (χ2v) is 10.1. The van der Waals surface area contributed by atoms with E-state index in [1.165, 1.54) is 11.8 Å². The van der Waals surface area contributed by atoms with Crippen LogP contribution in [-0.4, -0.2) is 42.3 Å². The fourth-order valence-corrected chi connectivity index (χ4v) is 6.85. The first-order chi connectivity index (χ1) is 12.9. The number of hydrogen-bond donors (Lipinski definition) is 2. The van der Waals surface area contributed by atoms with Crippen molar-refractivity contribution in [3.8, 4) is 0 Å². The number of amides is 1. The molecule has 2 atom stereocenters. The van der Waals surface area contributed by atoms with Crippen LogP contribution < -0.4 is 10.6 Å². The number of fused-ring (bicyclic) bond motifs is 1. The van der Waals surface area contributed by atoms with Crippen LogP contribution in [0.5, 0.6) is 0 Å². The molecule has 0 unspecified atom stereocenters. The van der Waals surface area contributed by atoms with E-state index < -0.39 is 9.84 Å². The summed E-state index contributed by atoms with van der Waals surface area (Å²) in [6, 6.07) is 14.6. The zero-order valence-corrected chi connectivity index (χ0v) is 16.3. The third-order valence-corrected chi connectivity index (χ3v) is 7.63. The second-order valence-electron chi connectivity index (χ2n) is 6.76. The smallest absolute Gasteiger partial charge is 0.255 e. The van der Waals surface area contributed by atoms with Gasteiger partial charge >= 0.3 is 0 Å². The molecule has 8 heteroatoms. The van der Waals surface area contributed by atoms with Crippen LogP contribution in [0.3, 0.4) is 0 Å². The Balaban J connectivity index is 1.39. The summed E-state index contributed by atoms with van der Waals surface area (Å²) in [6.45, 7) is 1.98. The topological polar surface area (TPSA) is 87.6 Å². The zero-order valence-electron chi connectivity index (χ0n) is 14.7. The van der Waals surface area contributed by atoms with Crippen molar-refractivity contribution in [3.05, 3.63) is 59.7 Å². The van der Waals surface area contributed by atoms with Crippen molar-refractivity contribution in [2.75, 3.05) is 22.1 Å². The maximum atomic E-state index is 12.4. The van der Waals surface area contributed by atoms with Crippen molar-refractivity contribution in [1.29, 1.82) is 0 Å². The minimum Gasteiger partial charge on any atom is -0.335 e. The number of thioether (sulfide) groups is 1. The van der Waals surface area contributed by atoms with Gasteiger partial charge in [-0.1, -0.05) is 23.9 Å². The van der Waals surface area contributed by atoms with E-state index in [0.29, 0.717) is 5.56 Å². The highest BCUT2D eigenvalue weighted by Gasteiger charge is 2.42. The first-order valence-electron chi connectivity index (χ1n) is 8.58. The second kappa shape index (κ2) is 7.01. The van der Waals surface area contributed by atoms with Crippen molar-refractivity contribution < 1.29 is 13.2 Å². The van der Waals surface area contributed by atoms with Gasteiger partial charge in [-0.3, -0.25) is 9.79 Å². The molecule has 0 spiro atoms. The quantitative estimate of drug-likeness (QED) is 0.826. The summed E-state index contributed by atoms with van der Waals surface area (Å²) in [5, 5.41) is 6.83. The largest absolute Gasteiger partial charge is 0.335 e. The molecule has 2 aliphatic heterocycles. The molecule has 2 N–H and O–H groups in total. The van der Waals surface area contributed by atoms with Gasteiger partial charge in [0.15, 0.2) is 15.0 Å². The number of nitrogens with zero attached hydrogens (tertiary/aromatic N) is 1. The van der Waals surface area contributed by atoms with Crippen molar-refractivity contribution in [2.45, 2.75) is 18.2 Å². The highest BCUT2D eigenvalue weighted by molar-refractivity contribution is 8.15. The number of rotatable bonds is 3. The fourth-order valence-electron chi connectivity index (χ4n) is 3.17. The summed E-state index contributed by atoms with van der Waals surface area (Å²) in [5.41, 5.74) is 3.22. The molecule has 4 rings (SSSR count). The third kappa shape index (κ3) is 4.17. The third-order valence-electron chi connectivity index (χ3n) is 4.49. The number of benzene rings is 2. The molecular weight excluding hydrogens is 382 g/mol. The molecule has 0 aromatic heterocycles. The molecule has 2 aromatic rings. The minimum atomic E-state index is -2.95. The standard InChI is InChI=1S/C19H19N3O3S2/c1-12-3-2-4-15(9-12)20-18(23)13-5-7-14(8-6-13)21-19-22-16-10-27(24,25)11-17(16)26-19/h2-9,16-17H,10-11H2,1H3,(H,20,23)(H,21,22)/t16-,17-/m0/s1. The van der Waals surface area contributed by atoms with Gasteiger partial charge in [-0.15, -0.1) is 0 Å². The van der Waals surface area contributed by atoms with E-state index in [0.717, 1.165) is 22.1 Å². The lowest BCUT2D eigenvalue weighted by atomic mass is 10.1. The molecule has 2 aromatic carbocycles. The van der Waals surface area contributed by atoms with Crippen molar-refractivity contribution >= 4 is 44.0 Å². The van der Waals surface area contributed by atoms with Crippen molar-refractivity contribution in [1.82, 2.24) is 0 Å². The van der Waals surface area contributed by atoms with Crippen molar-refractivity contribution in [2.24, 2.45) is 4.99 Å². The van der Waals surface area contributed by atoms with Crippen LogP contribution >= 0.6 is 11.8 Å². The summed E-state index contributed by atoms with van der Waals surface area (Å²) >= 11 is 1.47. The highest BCUT2D eigenvalue weighted by atomic mass is 32.2. The minimum absolute atomic E-state index is 0.0110. The number of anilines is 2. The molecule has 0 radical (unpaired) electrons. The Labute approximate surface area is 162 Å². The Hall–Kier alpha value is -2.32. The first kappa shape index (κ1) is 18.1. The molecule has 2 heterocycles. The molecule has 6 nitrogen and oxygen atoms in total. The van der Waals surface area contributed by atoms with Gasteiger partial charge in [-0.2, -0.15) is 0 Å². The summed E-state index contributed by atoms with van der Waals surface area (Å²) < 4.78 is 23.2. The number of aliphatic imine (C=N–C) groups is 1. The van der Waals surface area contributed by atoms with Crippen LogP contribution in [0.15, 0.2) is 53.5 Å². The normalized spacial score (nSPS) is 22.8. The molecule has 0 aliphatic carbocycles. The summed E-state index contributed by atoms with van der Waals surface area (Å²) in [7, 11) is -2.95. The number of hydrogen-bond acceptors (Lipinski definition) is 6. The predicted octanol–water partition coefficient (Wildman–Crippen LogP) is 2.93. The summed E-state index contributed by atoms with van der Waals surface area (Å²) in [4.78, 5) is 16.8. The number of sulfone groups is 1. The van der Waals surface area contributed by atoms with Crippen LogP contribution in [0, 0.1) is 6.92 Å². The fraction of sp³-hybridized carbons (Fsp3) is 0.263. The number of aryl methyl sites for hydroxylation is 1. The molecule has 1 fully saturated rings. The average molecular weight is 402 g/mol. The molecule has 1 amide bonds. The van der Waals surface area contributed by atoms with Crippen LogP contribution in [0.2, 0.25) is 0 Å². The van der Waals surface area contributed by atoms with Gasteiger partial charge in [0.1, 0.15) is 0 Å². The number of amidine groups is 1. The van der Waals surface area contributed by atoms with Gasteiger partial charge in [-0.25, -0.2) is 8.42 Å². The van der Waals surface area contributed by atoms with Crippen LogP contribution in [-0.2, 0) is 9.84 Å². The van der Waals surface area contributed by atoms with E-state index >= 15 is 0 Å². The summed E-state index contributed by atoms with van der Waals surface area (Å²) in [6.07, 6.45) is 0. The lowest BCUT2D eigenvalue weighted by molar-refractivity contribution is 0.102. The predicted molar refractivity (Wildman–Crippen MR) is 110 cm³/mol. The lowest BCUT2D eigenvalue weighted by Gasteiger charge is -2.09. The van der Waals surface area contributed by atoms with E-state index in [4.69, 9.17) is 0 Å². The Morgan fingerprint density at radius 3 is 2.59 bits per heavy atom. The summed E-state index contributed by atoms with van der Waals surface area (Å²) in [5.74, 6) is 0.155. The van der Waals surface area contributed by atoms with E-state index in [2.05, 4.69) is 15.6 Å². The van der Waals surface area contributed by atoms with Gasteiger partial charge in [0.05, 0.1) is 17.5 Å². The molecule has 0 saturated carbocycles. The molecule has 2 aliphatic rings. The van der Waals surface area contributed by atoms with Gasteiger partial charge in [0.25, 0.3) is 5.91 Å². The molecule has 1 saturated heterocycles. The molecule has 140 valence electrons. The van der Waals surface area contributed by atoms with Gasteiger partial charge in [-0.05, 0) is 48.9 Å². The van der Waals surface area contributed by atoms with Crippen molar-refractivity contribution in [3.63, 3.8) is 0 Å². The number of carbonyl (C=O) groups is 1. The first-order valence-corrected chi connectivity index (χ1v) is 11.3. The molecular formula is C19H19N3O3S2. The van der Waals surface area contributed by atoms with E-state index in [9.17, 15) is 13.2 Å². The van der Waals surface area contributed by atoms with Gasteiger partial charge in [0, 0.05) is 22.2 Å². The van der Waals surface area contributed by atoms with Crippen LogP contribution in [0.25, 0.3) is 0 Å². The van der Waals surface area contributed by atoms with E-state index in [1.807, 2.05) is 43.3 Å². The molecule has 0 bridgehead atoms. The van der Waals surface area contributed by atoms with E-state index in [1.54, 1.807) is 12.1 Å². The van der Waals surface area contributed by atoms with Crippen LogP contribution in [0.4, 0.5) is 11.4 Å². The zero-order chi connectivity index (χ0) is 19.0. The average Bonchev–Trinajstić information content (AvgIpc) is 3.08. The Morgan fingerprint density at radius 1 is 1.11 bits per heavy atom. The maximum Gasteiger partial charge on any atom is 0.255 e. The number of carbonyl (C=O) groups excluding carboxylic acids is 1. The van der Waals surface area contributed by atoms with Crippen LogP contribution in [0.1, 0.15) is 15.9 Å². The van der Waals surface area contributed by atoms with Gasteiger partial charge < -0.3 is 10.6 Å². The molecule has 27 heavy (non-hydrogen) atoms. The lowest BCUT2D eigenvalue weighted by Crippen LogP contribution is -2.13. The monoisotopic (exact) mass is 401 g/mol. The SMILES string of the molecule is Cc1cccc(NC(=O)c2ccc(NC3=N[C@H]4CS(=O)(=O)C[C@@H]4S3)cc2)c1. The Morgan fingerprint density at radius 2 is 1.89 bits per heavy atom. The van der Waals surface area contributed by atoms with E-state index in [-0.39, 0.29) is 28.7 Å². The number of nitrogens with one attached hydrogen (secondary N) is 2. The highest BCUT2D eigenvalue weighted by Crippen LogP contribution is 2.34. The maximum absolute atomic E-state index is 12.4. The Bertz CT molecular complexity index is 1020. The Kier molecular flexibility index (Phi) is 4.69.